The zero-order chi connectivity index (χ0) is 26.2. The number of nitrogens with two attached hydrogens (primary N) is 1. The Morgan fingerprint density at radius 2 is 1.80 bits per heavy atom. The third-order valence-corrected chi connectivity index (χ3v) is 7.12. The summed E-state index contributed by atoms with van der Waals surface area (Å²) in [5.74, 6) is 0.251. The average Bonchev–Trinajstić information content (AvgIpc) is 3.29. The minimum atomic E-state index is -0.942. The molecule has 1 aliphatic heterocycles. The lowest BCUT2D eigenvalue weighted by Crippen LogP contribution is -2.56. The van der Waals surface area contributed by atoms with E-state index in [2.05, 4.69) is 10.6 Å². The molecule has 10 nitrogen and oxygen atoms in total. The molecule has 2 rings (SSSR count). The van der Waals surface area contributed by atoms with Gasteiger partial charge < -0.3 is 30.7 Å². The molecule has 2 atom stereocenters. The molecule has 1 saturated heterocycles. The van der Waals surface area contributed by atoms with Gasteiger partial charge in [-0.3, -0.25) is 15.0 Å². The Hall–Kier alpha value is -2.36. The Kier molecular flexibility index (Phi) is 10.8. The van der Waals surface area contributed by atoms with Crippen LogP contribution in [0.5, 0.6) is 0 Å². The van der Waals surface area contributed by atoms with Crippen molar-refractivity contribution >= 4 is 23.7 Å². The van der Waals surface area contributed by atoms with E-state index in [1.165, 1.54) is 0 Å². The van der Waals surface area contributed by atoms with Crippen molar-refractivity contribution in [1.29, 1.82) is 5.41 Å². The van der Waals surface area contributed by atoms with Gasteiger partial charge in [0, 0.05) is 19.0 Å². The van der Waals surface area contributed by atoms with Crippen molar-refractivity contribution in [3.05, 3.63) is 0 Å². The summed E-state index contributed by atoms with van der Waals surface area (Å²) in [6.07, 6.45) is 4.63. The fourth-order valence-electron chi connectivity index (χ4n) is 4.52. The summed E-state index contributed by atoms with van der Waals surface area (Å²) in [5.41, 5.74) is 5.17. The molecule has 2 fully saturated rings. The first-order valence-corrected chi connectivity index (χ1v) is 13.0. The number of likely N-dealkylation sites (tertiary alicyclic amines) is 1. The maximum Gasteiger partial charge on any atom is 0.408 e. The van der Waals surface area contributed by atoms with Crippen LogP contribution in [-0.4, -0.2) is 72.1 Å². The van der Waals surface area contributed by atoms with Crippen molar-refractivity contribution in [2.24, 2.45) is 17.6 Å². The molecule has 0 radical (unpaired) electrons. The van der Waals surface area contributed by atoms with E-state index in [0.717, 1.165) is 38.5 Å². The van der Waals surface area contributed by atoms with Gasteiger partial charge in [0.15, 0.2) is 0 Å². The first-order chi connectivity index (χ1) is 16.4. The van der Waals surface area contributed by atoms with Crippen molar-refractivity contribution in [1.82, 2.24) is 15.5 Å². The Labute approximate surface area is 209 Å². The van der Waals surface area contributed by atoms with Crippen LogP contribution in [0, 0.1) is 17.2 Å². The second kappa shape index (κ2) is 13.1. The molecule has 1 aliphatic carbocycles. The Bertz CT molecular complexity index is 749. The maximum absolute atomic E-state index is 13.5. The van der Waals surface area contributed by atoms with E-state index in [1.54, 1.807) is 18.7 Å². The van der Waals surface area contributed by atoms with E-state index in [9.17, 15) is 14.4 Å². The fraction of sp³-hybridized carbons (Fsp3) is 0.840. The first-order valence-electron chi connectivity index (χ1n) is 13.0. The van der Waals surface area contributed by atoms with Gasteiger partial charge in [0.2, 0.25) is 11.8 Å². The number of ether oxygens (including phenoxy) is 2. The van der Waals surface area contributed by atoms with Crippen molar-refractivity contribution < 1.29 is 23.9 Å². The largest absolute Gasteiger partial charge is 0.447 e. The molecular formula is C25H45N5O5. The lowest BCUT2D eigenvalue weighted by Gasteiger charge is -2.32. The summed E-state index contributed by atoms with van der Waals surface area (Å²) >= 11 is 0. The van der Waals surface area contributed by atoms with Crippen molar-refractivity contribution in [3.63, 3.8) is 0 Å². The predicted molar refractivity (Wildman–Crippen MR) is 134 cm³/mol. The molecule has 35 heavy (non-hydrogen) atoms. The van der Waals surface area contributed by atoms with Gasteiger partial charge in [-0.15, -0.1) is 0 Å². The van der Waals surface area contributed by atoms with Crippen LogP contribution in [0.3, 0.4) is 0 Å². The summed E-state index contributed by atoms with van der Waals surface area (Å²) in [5, 5.41) is 13.3. The molecule has 5 N–H and O–H groups in total. The summed E-state index contributed by atoms with van der Waals surface area (Å²) < 4.78 is 11.1. The van der Waals surface area contributed by atoms with E-state index in [-0.39, 0.29) is 36.3 Å². The average molecular weight is 496 g/mol. The Morgan fingerprint density at radius 1 is 1.14 bits per heavy atom. The van der Waals surface area contributed by atoms with Crippen LogP contribution in [0.4, 0.5) is 4.79 Å². The van der Waals surface area contributed by atoms with Crippen LogP contribution >= 0.6 is 0 Å². The molecule has 0 bridgehead atoms. The highest BCUT2D eigenvalue weighted by atomic mass is 16.6. The molecule has 3 amide bonds. The number of nitrogens with zero attached hydrogens (tertiary/aromatic N) is 1. The molecule has 200 valence electrons. The number of carbonyl (C=O) groups is 3. The van der Waals surface area contributed by atoms with E-state index in [1.807, 2.05) is 20.8 Å². The number of amidine groups is 1. The normalized spacial score (nSPS) is 23.6. The highest BCUT2D eigenvalue weighted by Crippen LogP contribution is 2.28. The Morgan fingerprint density at radius 3 is 2.37 bits per heavy atom. The second-order valence-electron chi connectivity index (χ2n) is 10.7. The lowest BCUT2D eigenvalue weighted by molar-refractivity contribution is -0.142. The molecular weight excluding hydrogens is 450 g/mol. The van der Waals surface area contributed by atoms with E-state index in [0.29, 0.717) is 25.4 Å². The molecule has 2 aliphatic rings. The maximum atomic E-state index is 13.5. The minimum Gasteiger partial charge on any atom is -0.447 e. The summed E-state index contributed by atoms with van der Waals surface area (Å²) in [7, 11) is 0. The van der Waals surface area contributed by atoms with E-state index in [4.69, 9.17) is 20.6 Å². The smallest absolute Gasteiger partial charge is 0.408 e. The molecule has 1 heterocycles. The van der Waals surface area contributed by atoms with Crippen LogP contribution in [0.1, 0.15) is 79.6 Å². The van der Waals surface area contributed by atoms with Gasteiger partial charge in [-0.05, 0) is 78.6 Å². The van der Waals surface area contributed by atoms with Crippen molar-refractivity contribution in [3.8, 4) is 0 Å². The summed E-state index contributed by atoms with van der Waals surface area (Å²) in [6.45, 7) is 10.3. The monoisotopic (exact) mass is 495 g/mol. The zero-order valence-electron chi connectivity index (χ0n) is 22.0. The van der Waals surface area contributed by atoms with Gasteiger partial charge in [-0.25, -0.2) is 4.79 Å². The number of hydrogen-bond acceptors (Lipinski definition) is 6. The van der Waals surface area contributed by atoms with Gasteiger partial charge >= 0.3 is 6.09 Å². The van der Waals surface area contributed by atoms with Crippen LogP contribution in [0.25, 0.3) is 0 Å². The van der Waals surface area contributed by atoms with Crippen molar-refractivity contribution in [2.45, 2.75) is 103 Å². The highest BCUT2D eigenvalue weighted by molar-refractivity contribution is 5.92. The molecule has 0 spiro atoms. The molecule has 0 aromatic heterocycles. The quantitative estimate of drug-likeness (QED) is 0.256. The first kappa shape index (κ1) is 28.9. The number of alkyl carbamates (subject to hydrolysis) is 1. The van der Waals surface area contributed by atoms with Crippen LogP contribution < -0.4 is 16.4 Å². The topological polar surface area (TPSA) is 147 Å². The third kappa shape index (κ3) is 8.98. The van der Waals surface area contributed by atoms with Crippen molar-refractivity contribution in [2.75, 3.05) is 19.7 Å². The lowest BCUT2D eigenvalue weighted by atomic mass is 9.81. The number of rotatable bonds is 11. The Balaban J connectivity index is 1.98. The fourth-order valence-corrected chi connectivity index (χ4v) is 4.52. The third-order valence-electron chi connectivity index (χ3n) is 7.12. The molecule has 0 unspecified atom stereocenters. The summed E-state index contributed by atoms with van der Waals surface area (Å²) in [6, 6.07) is -1.51. The van der Waals surface area contributed by atoms with Gasteiger partial charge in [0.25, 0.3) is 0 Å². The second-order valence-corrected chi connectivity index (χ2v) is 10.7. The molecule has 0 aromatic carbocycles. The number of hydrogen-bond donors (Lipinski definition) is 4. The van der Waals surface area contributed by atoms with Crippen LogP contribution in [-0.2, 0) is 19.1 Å². The van der Waals surface area contributed by atoms with Gasteiger partial charge in [-0.1, -0.05) is 6.92 Å². The van der Waals surface area contributed by atoms with E-state index < -0.39 is 23.8 Å². The SMILES string of the molecule is CCC(C)(C)OC[C@@H](NC(=O)OC(C)C)C(=O)N1CCC[C@H]1C(=O)NC[C@H]1CC[C@H](C(=N)N)CC1. The van der Waals surface area contributed by atoms with Gasteiger partial charge in [0.1, 0.15) is 12.1 Å². The standard InChI is InChI=1S/C25H45N5O5/c1-6-25(4,5)34-15-19(29-24(33)35-16(2)3)23(32)30-13-7-8-20(30)22(31)28-14-17-9-11-18(12-10-17)21(26)27/h16-20H,6-15H2,1-5H3,(H3,26,27)(H,28,31)(H,29,33)/t17-,18-,19-,20+/m1/s1. The van der Waals surface area contributed by atoms with Gasteiger partial charge in [0.05, 0.1) is 24.1 Å². The van der Waals surface area contributed by atoms with Gasteiger partial charge in [-0.2, -0.15) is 0 Å². The minimum absolute atomic E-state index is 0.00288. The molecule has 1 saturated carbocycles. The zero-order valence-corrected chi connectivity index (χ0v) is 22.0. The molecule has 0 aromatic rings. The van der Waals surface area contributed by atoms with Crippen LogP contribution in [0.15, 0.2) is 0 Å². The van der Waals surface area contributed by atoms with Crippen LogP contribution in [0.2, 0.25) is 0 Å². The molecule has 10 heteroatoms. The highest BCUT2D eigenvalue weighted by Gasteiger charge is 2.39. The number of amides is 3. The number of nitrogens with one attached hydrogen (secondary N) is 3. The predicted octanol–water partition coefficient (Wildman–Crippen LogP) is 2.54. The van der Waals surface area contributed by atoms with E-state index >= 15 is 0 Å². The number of carbonyl (C=O) groups excluding carboxylic acids is 3. The summed E-state index contributed by atoms with van der Waals surface area (Å²) in [4.78, 5) is 40.3.